The molecule has 0 heterocycles. The number of benzene rings is 2. The number of ketones is 1. The minimum Gasteiger partial charge on any atom is -0.493 e. The first kappa shape index (κ1) is 19.5. The molecule has 2 aromatic rings. The lowest BCUT2D eigenvalue weighted by Gasteiger charge is -2.12. The number of methoxy groups -OCH3 is 1. The summed E-state index contributed by atoms with van der Waals surface area (Å²) in [6, 6.07) is 9.28. The molecule has 5 nitrogen and oxygen atoms in total. The molecule has 0 radical (unpaired) electrons. The van der Waals surface area contributed by atoms with E-state index < -0.39 is 5.97 Å². The molecule has 0 N–H and O–H groups in total. The Morgan fingerprint density at radius 1 is 0.846 bits per heavy atom. The van der Waals surface area contributed by atoms with Crippen molar-refractivity contribution in [2.75, 3.05) is 20.3 Å². The van der Waals surface area contributed by atoms with Crippen molar-refractivity contribution in [2.45, 2.75) is 27.7 Å². The van der Waals surface area contributed by atoms with Gasteiger partial charge in [-0.2, -0.15) is 0 Å². The van der Waals surface area contributed by atoms with Crippen molar-refractivity contribution in [3.05, 3.63) is 58.1 Å². The number of carbonyl (C=O) groups is 2. The first-order valence-corrected chi connectivity index (χ1v) is 8.36. The maximum Gasteiger partial charge on any atom is 0.344 e. The summed E-state index contributed by atoms with van der Waals surface area (Å²) >= 11 is 0. The van der Waals surface area contributed by atoms with Crippen LogP contribution in [0.3, 0.4) is 0 Å². The van der Waals surface area contributed by atoms with Gasteiger partial charge in [0.15, 0.2) is 24.7 Å². The molecule has 26 heavy (non-hydrogen) atoms. The van der Waals surface area contributed by atoms with E-state index in [4.69, 9.17) is 14.2 Å². The third-order valence-electron chi connectivity index (χ3n) is 3.98. The SMILES string of the molecule is COc1cc(C)ccc1OCC(=O)OCC(=O)c1c(C)cc(C)cc1C. The predicted molar refractivity (Wildman–Crippen MR) is 99.2 cm³/mol. The van der Waals surface area contributed by atoms with Gasteiger partial charge in [-0.05, 0) is 56.5 Å². The summed E-state index contributed by atoms with van der Waals surface area (Å²) in [6.07, 6.45) is 0. The summed E-state index contributed by atoms with van der Waals surface area (Å²) in [5.74, 6) is 0.163. The normalized spacial score (nSPS) is 10.3. The topological polar surface area (TPSA) is 61.8 Å². The van der Waals surface area contributed by atoms with Crippen LogP contribution in [0.25, 0.3) is 0 Å². The van der Waals surface area contributed by atoms with Crippen LogP contribution in [0.4, 0.5) is 0 Å². The van der Waals surface area contributed by atoms with Crippen molar-refractivity contribution in [3.63, 3.8) is 0 Å². The van der Waals surface area contributed by atoms with Gasteiger partial charge in [0.1, 0.15) is 0 Å². The molecule has 0 aliphatic rings. The number of carbonyl (C=O) groups excluding carboxylic acids is 2. The van der Waals surface area contributed by atoms with Crippen molar-refractivity contribution in [1.82, 2.24) is 0 Å². The van der Waals surface area contributed by atoms with Crippen molar-refractivity contribution < 1.29 is 23.8 Å². The number of aryl methyl sites for hydroxylation is 4. The zero-order valence-corrected chi connectivity index (χ0v) is 15.8. The lowest BCUT2D eigenvalue weighted by molar-refractivity contribution is -0.144. The molecule has 0 aromatic heterocycles. The minimum absolute atomic E-state index is 0.221. The summed E-state index contributed by atoms with van der Waals surface area (Å²) in [6.45, 7) is 7.06. The van der Waals surface area contributed by atoms with Gasteiger partial charge in [0, 0.05) is 5.56 Å². The highest BCUT2D eigenvalue weighted by Crippen LogP contribution is 2.27. The van der Waals surface area contributed by atoms with Gasteiger partial charge in [0.25, 0.3) is 0 Å². The molecule has 0 unspecified atom stereocenters. The van der Waals surface area contributed by atoms with Crippen LogP contribution in [0.15, 0.2) is 30.3 Å². The zero-order chi connectivity index (χ0) is 19.3. The standard InChI is InChI=1S/C21H24O5/c1-13-6-7-18(19(10-13)24-5)25-12-20(23)26-11-17(22)21-15(3)8-14(2)9-16(21)4/h6-10H,11-12H2,1-5H3. The quantitative estimate of drug-likeness (QED) is 0.559. The number of ether oxygens (including phenoxy) is 3. The average Bonchev–Trinajstić information content (AvgIpc) is 2.57. The Balaban J connectivity index is 1.92. The maximum absolute atomic E-state index is 12.4. The molecule has 0 aliphatic carbocycles. The molecule has 0 fully saturated rings. The van der Waals surface area contributed by atoms with Gasteiger partial charge < -0.3 is 14.2 Å². The Labute approximate surface area is 153 Å². The van der Waals surface area contributed by atoms with Gasteiger partial charge in [-0.3, -0.25) is 4.79 Å². The van der Waals surface area contributed by atoms with Crippen molar-refractivity contribution >= 4 is 11.8 Å². The lowest BCUT2D eigenvalue weighted by atomic mass is 9.97. The fourth-order valence-electron chi connectivity index (χ4n) is 2.91. The van der Waals surface area contributed by atoms with Gasteiger partial charge in [-0.25, -0.2) is 4.79 Å². The summed E-state index contributed by atoms with van der Waals surface area (Å²) in [5.41, 5.74) is 4.47. The van der Waals surface area contributed by atoms with E-state index in [0.717, 1.165) is 22.3 Å². The van der Waals surface area contributed by atoms with E-state index in [1.165, 1.54) is 7.11 Å². The molecular weight excluding hydrogens is 332 g/mol. The number of rotatable bonds is 7. The maximum atomic E-state index is 12.4. The van der Waals surface area contributed by atoms with Crippen LogP contribution < -0.4 is 9.47 Å². The molecule has 0 aliphatic heterocycles. The second-order valence-electron chi connectivity index (χ2n) is 6.30. The summed E-state index contributed by atoms with van der Waals surface area (Å²) in [7, 11) is 1.53. The number of Topliss-reactive ketones (excluding diaryl/α,β-unsaturated/α-hetero) is 1. The minimum atomic E-state index is -0.608. The first-order chi connectivity index (χ1) is 12.3. The van der Waals surface area contributed by atoms with Crippen LogP contribution in [-0.4, -0.2) is 32.1 Å². The van der Waals surface area contributed by atoms with Gasteiger partial charge in [0.2, 0.25) is 5.78 Å². The van der Waals surface area contributed by atoms with E-state index in [2.05, 4.69) is 0 Å². The first-order valence-electron chi connectivity index (χ1n) is 8.36. The van der Waals surface area contributed by atoms with Crippen molar-refractivity contribution in [3.8, 4) is 11.5 Å². The van der Waals surface area contributed by atoms with Crippen LogP contribution >= 0.6 is 0 Å². The van der Waals surface area contributed by atoms with Gasteiger partial charge in [-0.15, -0.1) is 0 Å². The van der Waals surface area contributed by atoms with Crippen LogP contribution in [0, 0.1) is 27.7 Å². The molecule has 5 heteroatoms. The Morgan fingerprint density at radius 2 is 1.50 bits per heavy atom. The lowest BCUT2D eigenvalue weighted by Crippen LogP contribution is -2.20. The molecule has 0 bridgehead atoms. The molecule has 2 aromatic carbocycles. The highest BCUT2D eigenvalue weighted by molar-refractivity contribution is 6.00. The Hall–Kier alpha value is -2.82. The second-order valence-corrected chi connectivity index (χ2v) is 6.30. The summed E-state index contributed by atoms with van der Waals surface area (Å²) in [5, 5.41) is 0. The Morgan fingerprint density at radius 3 is 2.12 bits per heavy atom. The van der Waals surface area contributed by atoms with E-state index >= 15 is 0 Å². The van der Waals surface area contributed by atoms with Gasteiger partial charge in [0.05, 0.1) is 7.11 Å². The number of hydrogen-bond acceptors (Lipinski definition) is 5. The van der Waals surface area contributed by atoms with Gasteiger partial charge in [-0.1, -0.05) is 23.8 Å². The Kier molecular flexibility index (Phi) is 6.39. The third kappa shape index (κ3) is 4.85. The zero-order valence-electron chi connectivity index (χ0n) is 15.8. The molecule has 0 saturated heterocycles. The third-order valence-corrected chi connectivity index (χ3v) is 3.98. The van der Waals surface area contributed by atoms with Crippen LogP contribution in [-0.2, 0) is 9.53 Å². The molecule has 138 valence electrons. The number of hydrogen-bond donors (Lipinski definition) is 0. The van der Waals surface area contributed by atoms with Gasteiger partial charge >= 0.3 is 5.97 Å². The molecule has 0 atom stereocenters. The van der Waals surface area contributed by atoms with Crippen LogP contribution in [0.1, 0.15) is 32.6 Å². The molecule has 0 amide bonds. The summed E-state index contributed by atoms with van der Waals surface area (Å²) < 4.78 is 15.7. The largest absolute Gasteiger partial charge is 0.493 e. The average molecular weight is 356 g/mol. The van der Waals surface area contributed by atoms with E-state index in [1.54, 1.807) is 6.07 Å². The molecular formula is C21H24O5. The Bertz CT molecular complexity index is 800. The monoisotopic (exact) mass is 356 g/mol. The molecule has 0 saturated carbocycles. The van der Waals surface area contributed by atoms with Crippen molar-refractivity contribution in [1.29, 1.82) is 0 Å². The fourth-order valence-corrected chi connectivity index (χ4v) is 2.91. The molecule has 0 spiro atoms. The van der Waals surface area contributed by atoms with E-state index in [9.17, 15) is 9.59 Å². The van der Waals surface area contributed by atoms with E-state index in [-0.39, 0.29) is 19.0 Å². The second kappa shape index (κ2) is 8.52. The number of esters is 1. The van der Waals surface area contributed by atoms with Crippen LogP contribution in [0.2, 0.25) is 0 Å². The summed E-state index contributed by atoms with van der Waals surface area (Å²) in [4.78, 5) is 24.3. The smallest absolute Gasteiger partial charge is 0.344 e. The van der Waals surface area contributed by atoms with Crippen molar-refractivity contribution in [2.24, 2.45) is 0 Å². The van der Waals surface area contributed by atoms with E-state index in [0.29, 0.717) is 17.1 Å². The predicted octanol–water partition coefficient (Wildman–Crippen LogP) is 3.73. The fraction of sp³-hybridized carbons (Fsp3) is 0.333. The van der Waals surface area contributed by atoms with Crippen LogP contribution in [0.5, 0.6) is 11.5 Å². The highest BCUT2D eigenvalue weighted by atomic mass is 16.6. The molecule has 2 rings (SSSR count). The highest BCUT2D eigenvalue weighted by Gasteiger charge is 2.16. The van der Waals surface area contributed by atoms with E-state index in [1.807, 2.05) is 52.0 Å².